The molecule has 0 aliphatic carbocycles. The maximum Gasteiger partial charge on any atom is 0.331 e. The number of hydrogen-bond donors (Lipinski definition) is 1. The summed E-state index contributed by atoms with van der Waals surface area (Å²) in [5, 5.41) is 3.27. The molecule has 0 spiro atoms. The zero-order chi connectivity index (χ0) is 13.6. The summed E-state index contributed by atoms with van der Waals surface area (Å²) in [5.74, 6) is -0.732. The van der Waals surface area contributed by atoms with E-state index in [-0.39, 0.29) is 0 Å². The predicted molar refractivity (Wildman–Crippen MR) is 66.9 cm³/mol. The van der Waals surface area contributed by atoms with Gasteiger partial charge in [-0.1, -0.05) is 0 Å². The first-order valence-electron chi connectivity index (χ1n) is 6.15. The lowest BCUT2D eigenvalue weighted by Gasteiger charge is -2.36. The number of methoxy groups -OCH3 is 1. The summed E-state index contributed by atoms with van der Waals surface area (Å²) < 4.78 is 9.82. The zero-order valence-electron chi connectivity index (χ0n) is 11.2. The Bertz CT molecular complexity index is 330. The number of carbonyl (C=O) groups is 2. The van der Waals surface area contributed by atoms with Crippen molar-refractivity contribution in [1.82, 2.24) is 5.32 Å². The van der Waals surface area contributed by atoms with Crippen LogP contribution >= 0.6 is 0 Å². The molecular formula is C13H21NO4. The average molecular weight is 255 g/mol. The van der Waals surface area contributed by atoms with Gasteiger partial charge in [0.05, 0.1) is 7.11 Å². The number of piperidine rings is 1. The molecule has 1 N–H and O–H groups in total. The average Bonchev–Trinajstić information content (AvgIpc) is 2.36. The lowest BCUT2D eigenvalue weighted by atomic mass is 9.83. The van der Waals surface area contributed by atoms with Crippen LogP contribution in [0.15, 0.2) is 12.2 Å². The summed E-state index contributed by atoms with van der Waals surface area (Å²) >= 11 is 0. The first-order valence-corrected chi connectivity index (χ1v) is 6.15. The minimum atomic E-state index is -0.563. The normalized spacial score (nSPS) is 17.7. The second-order valence-corrected chi connectivity index (χ2v) is 4.91. The van der Waals surface area contributed by atoms with E-state index in [2.05, 4.69) is 10.1 Å². The van der Waals surface area contributed by atoms with Gasteiger partial charge in [0.1, 0.15) is 5.60 Å². The molecule has 1 aliphatic heterocycles. The van der Waals surface area contributed by atoms with E-state index in [4.69, 9.17) is 4.74 Å². The molecule has 102 valence electrons. The lowest BCUT2D eigenvalue weighted by molar-refractivity contribution is -0.156. The summed E-state index contributed by atoms with van der Waals surface area (Å²) in [4.78, 5) is 22.4. The number of esters is 2. The van der Waals surface area contributed by atoms with Crippen molar-refractivity contribution >= 4 is 11.9 Å². The third-order valence-corrected chi connectivity index (χ3v) is 3.24. The van der Waals surface area contributed by atoms with Gasteiger partial charge in [-0.15, -0.1) is 0 Å². The summed E-state index contributed by atoms with van der Waals surface area (Å²) in [6.07, 6.45) is 4.15. The Kier molecular flexibility index (Phi) is 5.34. The Balaban J connectivity index is 2.50. The van der Waals surface area contributed by atoms with Crippen LogP contribution in [0.1, 0.15) is 26.7 Å². The minimum absolute atomic E-state index is 0.342. The quantitative estimate of drug-likeness (QED) is 0.600. The fourth-order valence-corrected chi connectivity index (χ4v) is 2.10. The van der Waals surface area contributed by atoms with Gasteiger partial charge in [-0.25, -0.2) is 9.59 Å². The van der Waals surface area contributed by atoms with E-state index in [0.29, 0.717) is 5.92 Å². The van der Waals surface area contributed by atoms with E-state index >= 15 is 0 Å². The molecule has 1 heterocycles. The first kappa shape index (κ1) is 14.7. The summed E-state index contributed by atoms with van der Waals surface area (Å²) in [7, 11) is 1.26. The van der Waals surface area contributed by atoms with Crippen LogP contribution in [-0.2, 0) is 19.1 Å². The van der Waals surface area contributed by atoms with Gasteiger partial charge in [0.25, 0.3) is 0 Å². The Hall–Kier alpha value is -1.36. The molecule has 1 rings (SSSR count). The molecule has 0 aromatic rings. The molecule has 0 atom stereocenters. The molecule has 0 aromatic heterocycles. The molecule has 0 radical (unpaired) electrons. The SMILES string of the molecule is COC(=O)/C=C\C(=O)OC(C)(C)C1CCNCC1. The van der Waals surface area contributed by atoms with Gasteiger partial charge in [-0.05, 0) is 39.8 Å². The highest BCUT2D eigenvalue weighted by Gasteiger charge is 2.33. The van der Waals surface area contributed by atoms with Gasteiger partial charge in [0, 0.05) is 18.1 Å². The molecule has 18 heavy (non-hydrogen) atoms. The van der Waals surface area contributed by atoms with Crippen LogP contribution < -0.4 is 5.32 Å². The van der Waals surface area contributed by atoms with Crippen LogP contribution in [0, 0.1) is 5.92 Å². The van der Waals surface area contributed by atoms with Gasteiger partial charge < -0.3 is 14.8 Å². The molecule has 5 heteroatoms. The maximum atomic E-state index is 11.6. The van der Waals surface area contributed by atoms with Crippen LogP contribution in [0.2, 0.25) is 0 Å². The first-order chi connectivity index (χ1) is 8.45. The summed E-state index contributed by atoms with van der Waals surface area (Å²) in [5.41, 5.74) is -0.514. The number of hydrogen-bond acceptors (Lipinski definition) is 5. The smallest absolute Gasteiger partial charge is 0.331 e. The van der Waals surface area contributed by atoms with Crippen molar-refractivity contribution in [2.45, 2.75) is 32.3 Å². The number of rotatable bonds is 4. The molecule has 0 aromatic carbocycles. The van der Waals surface area contributed by atoms with E-state index in [1.807, 2.05) is 13.8 Å². The van der Waals surface area contributed by atoms with Crippen LogP contribution in [0.4, 0.5) is 0 Å². The van der Waals surface area contributed by atoms with E-state index in [9.17, 15) is 9.59 Å². The predicted octanol–water partition coefficient (Wildman–Crippen LogP) is 1.04. The highest BCUT2D eigenvalue weighted by molar-refractivity contribution is 5.91. The van der Waals surface area contributed by atoms with Crippen LogP contribution in [-0.4, -0.2) is 37.7 Å². The maximum absolute atomic E-state index is 11.6. The monoisotopic (exact) mass is 255 g/mol. The van der Waals surface area contributed by atoms with E-state index in [1.165, 1.54) is 7.11 Å². The van der Waals surface area contributed by atoms with Crippen LogP contribution in [0.25, 0.3) is 0 Å². The van der Waals surface area contributed by atoms with Crippen LogP contribution in [0.5, 0.6) is 0 Å². The Morgan fingerprint density at radius 2 is 1.72 bits per heavy atom. The molecule has 1 saturated heterocycles. The van der Waals surface area contributed by atoms with Crippen molar-refractivity contribution in [1.29, 1.82) is 0 Å². The van der Waals surface area contributed by atoms with Crippen LogP contribution in [0.3, 0.4) is 0 Å². The van der Waals surface area contributed by atoms with Crippen molar-refractivity contribution in [2.75, 3.05) is 20.2 Å². The van der Waals surface area contributed by atoms with E-state index in [1.54, 1.807) is 0 Å². The van der Waals surface area contributed by atoms with Crippen molar-refractivity contribution in [3.05, 3.63) is 12.2 Å². The molecular weight excluding hydrogens is 234 g/mol. The fraction of sp³-hybridized carbons (Fsp3) is 0.692. The highest BCUT2D eigenvalue weighted by atomic mass is 16.6. The Labute approximate surface area is 108 Å². The molecule has 1 fully saturated rings. The van der Waals surface area contributed by atoms with Crippen molar-refractivity contribution < 1.29 is 19.1 Å². The lowest BCUT2D eigenvalue weighted by Crippen LogP contribution is -2.42. The van der Waals surface area contributed by atoms with Gasteiger partial charge in [-0.2, -0.15) is 0 Å². The summed E-state index contributed by atoms with van der Waals surface area (Å²) in [6.45, 7) is 5.72. The standard InChI is InChI=1S/C13H21NO4/c1-13(2,10-6-8-14-9-7-10)18-12(16)5-4-11(15)17-3/h4-5,10,14H,6-9H2,1-3H3/b5-4-. The molecule has 0 unspecified atom stereocenters. The molecule has 5 nitrogen and oxygen atoms in total. The van der Waals surface area contributed by atoms with Crippen molar-refractivity contribution in [3.8, 4) is 0 Å². The van der Waals surface area contributed by atoms with Gasteiger partial charge in [0.15, 0.2) is 0 Å². The fourth-order valence-electron chi connectivity index (χ4n) is 2.10. The molecule has 1 aliphatic rings. The van der Waals surface area contributed by atoms with Crippen molar-refractivity contribution in [3.63, 3.8) is 0 Å². The molecule has 0 bridgehead atoms. The van der Waals surface area contributed by atoms with Crippen molar-refractivity contribution in [2.24, 2.45) is 5.92 Å². The minimum Gasteiger partial charge on any atom is -0.466 e. The second-order valence-electron chi connectivity index (χ2n) is 4.91. The molecule has 0 saturated carbocycles. The third kappa shape index (κ3) is 4.49. The van der Waals surface area contributed by atoms with Gasteiger partial charge in [0.2, 0.25) is 0 Å². The Morgan fingerprint density at radius 3 is 2.28 bits per heavy atom. The molecule has 0 amide bonds. The Morgan fingerprint density at radius 1 is 1.17 bits per heavy atom. The third-order valence-electron chi connectivity index (χ3n) is 3.24. The van der Waals surface area contributed by atoms with E-state index < -0.39 is 17.5 Å². The summed E-state index contributed by atoms with van der Waals surface area (Å²) in [6, 6.07) is 0. The van der Waals surface area contributed by atoms with E-state index in [0.717, 1.165) is 38.1 Å². The number of ether oxygens (including phenoxy) is 2. The second kappa shape index (κ2) is 6.54. The highest BCUT2D eigenvalue weighted by Crippen LogP contribution is 2.28. The number of nitrogens with one attached hydrogen (secondary N) is 1. The van der Waals surface area contributed by atoms with Gasteiger partial charge in [-0.3, -0.25) is 0 Å². The topological polar surface area (TPSA) is 64.6 Å². The largest absolute Gasteiger partial charge is 0.466 e. The number of carbonyl (C=O) groups excluding carboxylic acids is 2. The zero-order valence-corrected chi connectivity index (χ0v) is 11.2. The van der Waals surface area contributed by atoms with Gasteiger partial charge >= 0.3 is 11.9 Å².